The van der Waals surface area contributed by atoms with E-state index in [-0.39, 0.29) is 6.17 Å². The highest BCUT2D eigenvalue weighted by molar-refractivity contribution is 5.81. The Hall–Kier alpha value is -3.33. The molecule has 1 N–H and O–H groups in total. The molecule has 0 aliphatic carbocycles. The van der Waals surface area contributed by atoms with Crippen LogP contribution < -0.4 is 5.32 Å². The molecule has 0 unspecified atom stereocenters. The van der Waals surface area contributed by atoms with Crippen LogP contribution in [-0.4, -0.2) is 9.78 Å². The normalized spacial score (nSPS) is 15.0. The molecule has 0 saturated heterocycles. The van der Waals surface area contributed by atoms with Gasteiger partial charge in [-0.3, -0.25) is 0 Å². The zero-order valence-corrected chi connectivity index (χ0v) is 15.5. The number of nitrogens with one attached hydrogen (secondary N) is 1. The fraction of sp³-hybridized carbons (Fsp3) is 0.125. The first kappa shape index (κ1) is 15.9. The monoisotopic (exact) mass is 351 g/mol. The van der Waals surface area contributed by atoms with Gasteiger partial charge in [0.15, 0.2) is 0 Å². The zero-order valence-electron chi connectivity index (χ0n) is 15.5. The van der Waals surface area contributed by atoms with Gasteiger partial charge in [-0.05, 0) is 42.2 Å². The van der Waals surface area contributed by atoms with Gasteiger partial charge in [0.05, 0.1) is 11.4 Å². The molecule has 3 nitrogen and oxygen atoms in total. The number of hydrogen-bond acceptors (Lipinski definition) is 2. The summed E-state index contributed by atoms with van der Waals surface area (Å²) in [6.07, 6.45) is -0.00729. The molecule has 1 aromatic heterocycles. The van der Waals surface area contributed by atoms with Crippen LogP contribution in [0.2, 0.25) is 0 Å². The number of hydrogen-bond donors (Lipinski definition) is 1. The Morgan fingerprint density at radius 3 is 2.33 bits per heavy atom. The molecular weight excluding hydrogens is 330 g/mol. The van der Waals surface area contributed by atoms with Crippen molar-refractivity contribution in [2.75, 3.05) is 5.32 Å². The van der Waals surface area contributed by atoms with Gasteiger partial charge in [0, 0.05) is 11.3 Å². The van der Waals surface area contributed by atoms with Crippen molar-refractivity contribution < 1.29 is 0 Å². The van der Waals surface area contributed by atoms with Crippen LogP contribution in [0.4, 0.5) is 5.69 Å². The number of aromatic nitrogens is 2. The van der Waals surface area contributed by atoms with Crippen LogP contribution in [-0.2, 0) is 0 Å². The van der Waals surface area contributed by atoms with E-state index in [4.69, 9.17) is 5.10 Å². The summed E-state index contributed by atoms with van der Waals surface area (Å²) in [4.78, 5) is 0. The van der Waals surface area contributed by atoms with E-state index in [1.54, 1.807) is 0 Å². The van der Waals surface area contributed by atoms with Gasteiger partial charge in [-0.1, -0.05) is 72.8 Å². The van der Waals surface area contributed by atoms with Crippen LogP contribution in [0.1, 0.15) is 23.0 Å². The van der Waals surface area contributed by atoms with Crippen LogP contribution in [0, 0.1) is 13.8 Å². The minimum absolute atomic E-state index is 0.00729. The number of aryl methyl sites for hydroxylation is 2. The third-order valence-corrected chi connectivity index (χ3v) is 5.27. The van der Waals surface area contributed by atoms with E-state index in [2.05, 4.69) is 96.6 Å². The van der Waals surface area contributed by atoms with Crippen LogP contribution in [0.25, 0.3) is 22.4 Å². The highest BCUT2D eigenvalue weighted by Gasteiger charge is 2.27. The molecule has 3 heteroatoms. The second-order valence-corrected chi connectivity index (χ2v) is 7.15. The van der Waals surface area contributed by atoms with Crippen molar-refractivity contribution in [3.8, 4) is 22.4 Å². The summed E-state index contributed by atoms with van der Waals surface area (Å²) in [6, 6.07) is 27.9. The molecule has 0 radical (unpaired) electrons. The van der Waals surface area contributed by atoms with Crippen molar-refractivity contribution in [3.05, 3.63) is 95.7 Å². The largest absolute Gasteiger partial charge is 0.359 e. The fourth-order valence-corrected chi connectivity index (χ4v) is 3.90. The highest BCUT2D eigenvalue weighted by atomic mass is 15.4. The molecule has 3 aromatic carbocycles. The average Bonchev–Trinajstić information content (AvgIpc) is 3.10. The lowest BCUT2D eigenvalue weighted by molar-refractivity contribution is 0.570. The molecule has 1 atom stereocenters. The van der Waals surface area contributed by atoms with E-state index >= 15 is 0 Å². The Morgan fingerprint density at radius 1 is 0.815 bits per heavy atom. The maximum absolute atomic E-state index is 4.77. The average molecular weight is 351 g/mol. The SMILES string of the molecule is Cc1cc2n(n1)[C@H](c1ccc(-c3ccccc3)cc1)Nc1c(C)cccc1-2. The van der Waals surface area contributed by atoms with E-state index in [0.29, 0.717) is 0 Å². The molecule has 4 aromatic rings. The Kier molecular flexibility index (Phi) is 3.61. The lowest BCUT2D eigenvalue weighted by atomic mass is 9.99. The van der Waals surface area contributed by atoms with Crippen molar-refractivity contribution in [3.63, 3.8) is 0 Å². The van der Waals surface area contributed by atoms with Crippen LogP contribution in [0.5, 0.6) is 0 Å². The molecule has 27 heavy (non-hydrogen) atoms. The summed E-state index contributed by atoms with van der Waals surface area (Å²) < 4.78 is 2.11. The van der Waals surface area contributed by atoms with E-state index < -0.39 is 0 Å². The third-order valence-electron chi connectivity index (χ3n) is 5.27. The van der Waals surface area contributed by atoms with Crippen molar-refractivity contribution in [2.24, 2.45) is 0 Å². The smallest absolute Gasteiger partial charge is 0.147 e. The fourth-order valence-electron chi connectivity index (χ4n) is 3.90. The number of nitrogens with zero attached hydrogens (tertiary/aromatic N) is 2. The second-order valence-electron chi connectivity index (χ2n) is 7.15. The third kappa shape index (κ3) is 2.63. The van der Waals surface area contributed by atoms with E-state index in [1.165, 1.54) is 39.2 Å². The topological polar surface area (TPSA) is 29.9 Å². The molecular formula is C24H21N3. The Bertz CT molecular complexity index is 1110. The van der Waals surface area contributed by atoms with Crippen molar-refractivity contribution in [2.45, 2.75) is 20.0 Å². The number of para-hydroxylation sites is 1. The van der Waals surface area contributed by atoms with Gasteiger partial charge in [-0.25, -0.2) is 4.68 Å². The Balaban J connectivity index is 1.59. The standard InChI is InChI=1S/C24H21N3/c1-16-7-6-10-21-22-15-17(2)26-27(22)24(25-23(16)21)20-13-11-19(12-14-20)18-8-4-3-5-9-18/h3-15,24-25H,1-2H3/t24-/m1/s1. The Labute approximate surface area is 159 Å². The summed E-state index contributed by atoms with van der Waals surface area (Å²) in [5, 5.41) is 8.48. The molecule has 1 aliphatic heterocycles. The Morgan fingerprint density at radius 2 is 1.56 bits per heavy atom. The number of fused-ring (bicyclic) bond motifs is 3. The molecule has 1 aliphatic rings. The summed E-state index contributed by atoms with van der Waals surface area (Å²) in [7, 11) is 0. The molecule has 0 saturated carbocycles. The second kappa shape index (κ2) is 6.13. The number of benzene rings is 3. The molecule has 132 valence electrons. The van der Waals surface area contributed by atoms with Gasteiger partial charge in [-0.15, -0.1) is 0 Å². The summed E-state index contributed by atoms with van der Waals surface area (Å²) in [5.41, 5.74) is 9.53. The molecule has 5 rings (SSSR count). The quantitative estimate of drug-likeness (QED) is 0.494. The molecule has 0 spiro atoms. The zero-order chi connectivity index (χ0) is 18.4. The number of anilines is 1. The van der Waals surface area contributed by atoms with Gasteiger partial charge in [0.1, 0.15) is 6.17 Å². The predicted molar refractivity (Wildman–Crippen MR) is 111 cm³/mol. The van der Waals surface area contributed by atoms with Gasteiger partial charge in [0.2, 0.25) is 0 Å². The van der Waals surface area contributed by atoms with Crippen LogP contribution >= 0.6 is 0 Å². The molecule has 0 bridgehead atoms. The van der Waals surface area contributed by atoms with E-state index in [1.807, 2.05) is 6.07 Å². The molecule has 0 amide bonds. The minimum Gasteiger partial charge on any atom is -0.359 e. The van der Waals surface area contributed by atoms with Crippen molar-refractivity contribution in [1.82, 2.24) is 9.78 Å². The summed E-state index contributed by atoms with van der Waals surface area (Å²) in [5.74, 6) is 0. The van der Waals surface area contributed by atoms with Crippen LogP contribution in [0.15, 0.2) is 78.9 Å². The first-order valence-electron chi connectivity index (χ1n) is 9.29. The lowest BCUT2D eigenvalue weighted by Gasteiger charge is -2.30. The van der Waals surface area contributed by atoms with Crippen molar-refractivity contribution >= 4 is 5.69 Å². The van der Waals surface area contributed by atoms with Crippen molar-refractivity contribution in [1.29, 1.82) is 0 Å². The first-order chi connectivity index (χ1) is 13.2. The van der Waals surface area contributed by atoms with Gasteiger partial charge >= 0.3 is 0 Å². The highest BCUT2D eigenvalue weighted by Crippen LogP contribution is 2.40. The van der Waals surface area contributed by atoms with Gasteiger partial charge in [-0.2, -0.15) is 5.10 Å². The molecule has 0 fully saturated rings. The lowest BCUT2D eigenvalue weighted by Crippen LogP contribution is -2.26. The maximum Gasteiger partial charge on any atom is 0.147 e. The predicted octanol–water partition coefficient (Wildman–Crippen LogP) is 5.81. The summed E-state index contributed by atoms with van der Waals surface area (Å²) >= 11 is 0. The van der Waals surface area contributed by atoms with Gasteiger partial charge in [0.25, 0.3) is 0 Å². The summed E-state index contributed by atoms with van der Waals surface area (Å²) in [6.45, 7) is 4.20. The van der Waals surface area contributed by atoms with Gasteiger partial charge < -0.3 is 5.32 Å². The maximum atomic E-state index is 4.77. The molecule has 2 heterocycles. The van der Waals surface area contributed by atoms with E-state index in [9.17, 15) is 0 Å². The van der Waals surface area contributed by atoms with E-state index in [0.717, 1.165) is 5.69 Å². The minimum atomic E-state index is -0.00729. The van der Waals surface area contributed by atoms with Crippen LogP contribution in [0.3, 0.4) is 0 Å². The number of rotatable bonds is 2. The first-order valence-corrected chi connectivity index (χ1v) is 9.29.